The fraction of sp³-hybridized carbons (Fsp3) is 0.188. The first-order chi connectivity index (χ1) is 18.5. The molecule has 0 aliphatic rings. The molecular weight excluding hydrogens is 515 g/mol. The van der Waals surface area contributed by atoms with Crippen LogP contribution in [0, 0.1) is 0 Å². The minimum absolute atomic E-state index is 0.0207. The molecule has 0 heterocycles. The summed E-state index contributed by atoms with van der Waals surface area (Å²) in [5.74, 6) is -0.0414. The predicted molar refractivity (Wildman–Crippen MR) is 157 cm³/mol. The van der Waals surface area contributed by atoms with Gasteiger partial charge in [0.25, 0.3) is 0 Å². The SMILES string of the molecule is O=C(CCc1ccccc1Cl)N(CCN(C(=O)CCc1ccccc1Cl)c1ccccc1)c1ccccc1. The smallest absolute Gasteiger partial charge is 0.227 e. The van der Waals surface area contributed by atoms with E-state index in [9.17, 15) is 9.59 Å². The Labute approximate surface area is 234 Å². The molecule has 38 heavy (non-hydrogen) atoms. The number of anilines is 2. The highest BCUT2D eigenvalue weighted by Gasteiger charge is 2.21. The molecule has 0 saturated carbocycles. The summed E-state index contributed by atoms with van der Waals surface area (Å²) in [5, 5.41) is 1.32. The fourth-order valence-electron chi connectivity index (χ4n) is 4.37. The first-order valence-corrected chi connectivity index (χ1v) is 13.5. The molecule has 0 aliphatic carbocycles. The summed E-state index contributed by atoms with van der Waals surface area (Å²) in [6, 6.07) is 34.3. The summed E-state index contributed by atoms with van der Waals surface area (Å²) in [4.78, 5) is 30.4. The van der Waals surface area contributed by atoms with Crippen molar-refractivity contribution in [1.29, 1.82) is 0 Å². The van der Waals surface area contributed by atoms with Crippen LogP contribution in [0.15, 0.2) is 109 Å². The predicted octanol–water partition coefficient (Wildman–Crippen LogP) is 7.63. The van der Waals surface area contributed by atoms with Gasteiger partial charge in [0, 0.05) is 47.4 Å². The number of aryl methyl sites for hydroxylation is 2. The van der Waals surface area contributed by atoms with E-state index >= 15 is 0 Å². The minimum atomic E-state index is -0.0207. The number of hydrogen-bond donors (Lipinski definition) is 0. The second kappa shape index (κ2) is 13.8. The minimum Gasteiger partial charge on any atom is -0.311 e. The van der Waals surface area contributed by atoms with E-state index < -0.39 is 0 Å². The van der Waals surface area contributed by atoms with Gasteiger partial charge in [0.05, 0.1) is 0 Å². The van der Waals surface area contributed by atoms with Gasteiger partial charge in [-0.15, -0.1) is 0 Å². The van der Waals surface area contributed by atoms with E-state index in [2.05, 4.69) is 0 Å². The Morgan fingerprint density at radius 2 is 0.842 bits per heavy atom. The largest absolute Gasteiger partial charge is 0.311 e. The molecule has 0 fully saturated rings. The average Bonchev–Trinajstić information content (AvgIpc) is 2.95. The lowest BCUT2D eigenvalue weighted by atomic mass is 10.1. The van der Waals surface area contributed by atoms with Gasteiger partial charge in [-0.05, 0) is 60.4 Å². The molecule has 0 radical (unpaired) electrons. The van der Waals surface area contributed by atoms with Crippen LogP contribution in [0.25, 0.3) is 0 Å². The third-order valence-corrected chi connectivity index (χ3v) is 7.15. The first-order valence-electron chi connectivity index (χ1n) is 12.7. The number of para-hydroxylation sites is 2. The molecule has 194 valence electrons. The Morgan fingerprint density at radius 3 is 1.21 bits per heavy atom. The van der Waals surface area contributed by atoms with Crippen LogP contribution in [0.1, 0.15) is 24.0 Å². The van der Waals surface area contributed by atoms with Crippen molar-refractivity contribution >= 4 is 46.4 Å². The number of amides is 2. The van der Waals surface area contributed by atoms with Crippen LogP contribution in [-0.2, 0) is 22.4 Å². The molecule has 0 spiro atoms. The number of hydrogen-bond acceptors (Lipinski definition) is 2. The molecule has 4 aromatic rings. The Bertz CT molecular complexity index is 1240. The molecule has 6 heteroatoms. The van der Waals surface area contributed by atoms with Gasteiger partial charge in [-0.2, -0.15) is 0 Å². The van der Waals surface area contributed by atoms with E-state index in [-0.39, 0.29) is 11.8 Å². The number of carbonyl (C=O) groups excluding carboxylic acids is 2. The molecular formula is C32H30Cl2N2O2. The average molecular weight is 546 g/mol. The quantitative estimate of drug-likeness (QED) is 0.195. The monoisotopic (exact) mass is 544 g/mol. The second-order valence-electron chi connectivity index (χ2n) is 8.94. The van der Waals surface area contributed by atoms with Crippen molar-refractivity contribution < 1.29 is 9.59 Å². The second-order valence-corrected chi connectivity index (χ2v) is 9.76. The van der Waals surface area contributed by atoms with Gasteiger partial charge in [0.15, 0.2) is 0 Å². The number of halogens is 2. The summed E-state index contributed by atoms with van der Waals surface area (Å²) in [5.41, 5.74) is 3.48. The summed E-state index contributed by atoms with van der Waals surface area (Å²) < 4.78 is 0. The molecule has 0 saturated heterocycles. The number of nitrogens with zero attached hydrogens (tertiary/aromatic N) is 2. The molecule has 4 nitrogen and oxygen atoms in total. The molecule has 0 N–H and O–H groups in total. The summed E-state index contributed by atoms with van der Waals surface area (Å²) in [7, 11) is 0. The zero-order valence-electron chi connectivity index (χ0n) is 21.1. The van der Waals surface area contributed by atoms with Gasteiger partial charge >= 0.3 is 0 Å². The van der Waals surface area contributed by atoms with Gasteiger partial charge in [-0.1, -0.05) is 96.0 Å². The standard InChI is InChI=1S/C32H30Cl2N2O2/c33-29-17-9-7-11-25(29)19-21-31(37)35(27-13-3-1-4-14-27)23-24-36(28-15-5-2-6-16-28)32(38)22-20-26-12-8-10-18-30(26)34/h1-18H,19-24H2. The van der Waals surface area contributed by atoms with Crippen LogP contribution >= 0.6 is 23.2 Å². The Balaban J connectivity index is 1.50. The maximum Gasteiger partial charge on any atom is 0.227 e. The Morgan fingerprint density at radius 1 is 0.500 bits per heavy atom. The Kier molecular flexibility index (Phi) is 9.97. The van der Waals surface area contributed by atoms with Crippen LogP contribution in [0.5, 0.6) is 0 Å². The number of carbonyl (C=O) groups is 2. The van der Waals surface area contributed by atoms with E-state index in [0.717, 1.165) is 22.5 Å². The van der Waals surface area contributed by atoms with Gasteiger partial charge in [-0.3, -0.25) is 9.59 Å². The maximum absolute atomic E-state index is 13.5. The van der Waals surface area contributed by atoms with Crippen molar-refractivity contribution in [1.82, 2.24) is 0 Å². The maximum atomic E-state index is 13.5. The fourth-order valence-corrected chi connectivity index (χ4v) is 4.83. The highest BCUT2D eigenvalue weighted by atomic mass is 35.5. The summed E-state index contributed by atoms with van der Waals surface area (Å²) in [6.07, 6.45) is 1.71. The van der Waals surface area contributed by atoms with E-state index in [1.807, 2.05) is 109 Å². The first kappa shape index (κ1) is 27.4. The summed E-state index contributed by atoms with van der Waals surface area (Å²) in [6.45, 7) is 0.718. The summed E-state index contributed by atoms with van der Waals surface area (Å²) >= 11 is 12.6. The molecule has 0 aromatic heterocycles. The van der Waals surface area contributed by atoms with Crippen LogP contribution < -0.4 is 9.80 Å². The third-order valence-electron chi connectivity index (χ3n) is 6.42. The van der Waals surface area contributed by atoms with E-state index in [1.165, 1.54) is 0 Å². The van der Waals surface area contributed by atoms with Crippen molar-refractivity contribution in [3.05, 3.63) is 130 Å². The molecule has 4 rings (SSSR count). The highest BCUT2D eigenvalue weighted by molar-refractivity contribution is 6.31. The molecule has 0 atom stereocenters. The van der Waals surface area contributed by atoms with Crippen molar-refractivity contribution in [3.8, 4) is 0 Å². The topological polar surface area (TPSA) is 40.6 Å². The number of rotatable bonds is 11. The third kappa shape index (κ3) is 7.47. The highest BCUT2D eigenvalue weighted by Crippen LogP contribution is 2.22. The lowest BCUT2D eigenvalue weighted by Crippen LogP contribution is -2.41. The lowest BCUT2D eigenvalue weighted by molar-refractivity contribution is -0.120. The zero-order chi connectivity index (χ0) is 26.7. The van der Waals surface area contributed by atoms with E-state index in [1.54, 1.807) is 9.80 Å². The van der Waals surface area contributed by atoms with Crippen LogP contribution in [0.2, 0.25) is 10.0 Å². The van der Waals surface area contributed by atoms with Gasteiger partial charge in [0.1, 0.15) is 0 Å². The normalized spacial score (nSPS) is 10.7. The van der Waals surface area contributed by atoms with Crippen molar-refractivity contribution in [2.45, 2.75) is 25.7 Å². The molecule has 0 unspecified atom stereocenters. The van der Waals surface area contributed by atoms with Gasteiger partial charge in [0.2, 0.25) is 11.8 Å². The molecule has 0 aliphatic heterocycles. The Hall–Kier alpha value is -3.60. The van der Waals surface area contributed by atoms with Crippen molar-refractivity contribution in [2.75, 3.05) is 22.9 Å². The molecule has 0 bridgehead atoms. The van der Waals surface area contributed by atoms with E-state index in [4.69, 9.17) is 23.2 Å². The van der Waals surface area contributed by atoms with Crippen LogP contribution in [0.4, 0.5) is 11.4 Å². The van der Waals surface area contributed by atoms with Crippen LogP contribution in [0.3, 0.4) is 0 Å². The van der Waals surface area contributed by atoms with Gasteiger partial charge in [-0.25, -0.2) is 0 Å². The van der Waals surface area contributed by atoms with Gasteiger partial charge < -0.3 is 9.80 Å². The zero-order valence-corrected chi connectivity index (χ0v) is 22.6. The van der Waals surface area contributed by atoms with E-state index in [0.29, 0.717) is 48.8 Å². The molecule has 2 amide bonds. The molecule has 4 aromatic carbocycles. The van der Waals surface area contributed by atoms with Crippen molar-refractivity contribution in [3.63, 3.8) is 0 Å². The van der Waals surface area contributed by atoms with Crippen molar-refractivity contribution in [2.24, 2.45) is 0 Å². The van der Waals surface area contributed by atoms with Crippen LogP contribution in [-0.4, -0.2) is 24.9 Å². The lowest BCUT2D eigenvalue weighted by Gasteiger charge is -2.28. The number of benzene rings is 4.